The van der Waals surface area contributed by atoms with Crippen LogP contribution in [0.5, 0.6) is 0 Å². The highest BCUT2D eigenvalue weighted by molar-refractivity contribution is 5.71. The van der Waals surface area contributed by atoms with Gasteiger partial charge in [0.25, 0.3) is 0 Å². The van der Waals surface area contributed by atoms with E-state index in [1.807, 2.05) is 0 Å². The third-order valence-electron chi connectivity index (χ3n) is 11.3. The lowest BCUT2D eigenvalue weighted by molar-refractivity contribution is -0.167. The molecule has 6 heteroatoms. The van der Waals surface area contributed by atoms with Crippen molar-refractivity contribution in [3.05, 3.63) is 85.1 Å². The quantitative estimate of drug-likeness (QED) is 0.0262. The summed E-state index contributed by atoms with van der Waals surface area (Å²) in [5.41, 5.74) is 0. The summed E-state index contributed by atoms with van der Waals surface area (Å²) in [7, 11) is 0. The molecule has 0 amide bonds. The summed E-state index contributed by atoms with van der Waals surface area (Å²) in [6, 6.07) is 0. The van der Waals surface area contributed by atoms with Gasteiger partial charge in [0.2, 0.25) is 0 Å². The third-order valence-corrected chi connectivity index (χ3v) is 11.3. The zero-order valence-electron chi connectivity index (χ0n) is 42.5. The van der Waals surface area contributed by atoms with Gasteiger partial charge in [-0.05, 0) is 109 Å². The zero-order valence-corrected chi connectivity index (χ0v) is 42.5. The van der Waals surface area contributed by atoms with Crippen molar-refractivity contribution in [3.8, 4) is 0 Å². The molecule has 0 aromatic heterocycles. The van der Waals surface area contributed by atoms with Gasteiger partial charge < -0.3 is 14.2 Å². The first kappa shape index (κ1) is 61.6. The average molecular weight is 905 g/mol. The summed E-state index contributed by atoms with van der Waals surface area (Å²) in [6.45, 7) is 6.51. The Kier molecular flexibility index (Phi) is 50.4. The van der Waals surface area contributed by atoms with Gasteiger partial charge in [-0.1, -0.05) is 209 Å². The summed E-state index contributed by atoms with van der Waals surface area (Å²) in [6.07, 6.45) is 68.7. The van der Waals surface area contributed by atoms with Gasteiger partial charge in [-0.3, -0.25) is 14.4 Å². The van der Waals surface area contributed by atoms with Crippen LogP contribution in [0.2, 0.25) is 0 Å². The Labute approximate surface area is 401 Å². The molecule has 0 bridgehead atoms. The van der Waals surface area contributed by atoms with E-state index in [0.717, 1.165) is 70.6 Å². The van der Waals surface area contributed by atoms with E-state index in [1.54, 1.807) is 0 Å². The Hall–Kier alpha value is -3.41. The predicted molar refractivity (Wildman–Crippen MR) is 279 cm³/mol. The lowest BCUT2D eigenvalue weighted by atomic mass is 10.1. The molecule has 0 heterocycles. The predicted octanol–water partition coefficient (Wildman–Crippen LogP) is 18.0. The van der Waals surface area contributed by atoms with Crippen molar-refractivity contribution in [2.75, 3.05) is 13.2 Å². The zero-order chi connectivity index (χ0) is 47.2. The average Bonchev–Trinajstić information content (AvgIpc) is 3.30. The highest BCUT2D eigenvalue weighted by Gasteiger charge is 2.19. The van der Waals surface area contributed by atoms with Crippen molar-refractivity contribution in [3.63, 3.8) is 0 Å². The Morgan fingerprint density at radius 1 is 0.308 bits per heavy atom. The van der Waals surface area contributed by atoms with E-state index in [2.05, 4.69) is 106 Å². The highest BCUT2D eigenvalue weighted by atomic mass is 16.6. The lowest BCUT2D eigenvalue weighted by Crippen LogP contribution is -2.30. The van der Waals surface area contributed by atoms with Gasteiger partial charge in [0.1, 0.15) is 13.2 Å². The number of rotatable bonds is 48. The largest absolute Gasteiger partial charge is 0.462 e. The summed E-state index contributed by atoms with van der Waals surface area (Å²) in [5, 5.41) is 0. The molecular weight excluding hydrogens is 805 g/mol. The molecule has 0 N–H and O–H groups in total. The monoisotopic (exact) mass is 905 g/mol. The second kappa shape index (κ2) is 53.2. The highest BCUT2D eigenvalue weighted by Crippen LogP contribution is 2.13. The van der Waals surface area contributed by atoms with Crippen molar-refractivity contribution >= 4 is 17.9 Å². The third kappa shape index (κ3) is 51.4. The molecule has 0 atom stereocenters. The standard InChI is InChI=1S/C59H100O6/c1-4-7-10-13-16-19-22-25-27-29-31-34-36-39-42-45-48-51-57(60)63-54-56(65-59(62)53-50-47-44-41-38-33-24-21-18-15-12-9-6-3)55-64-58(61)52-49-46-43-40-37-35-32-30-28-26-23-20-17-14-11-8-5-2/h21,24-28,31-32,34-35,39-40,42-43,56H,4-20,22-23,29-30,33,36-38,41,44-55H2,1-3H3/b24-21-,27-25-,28-26-,34-31-,35-32-,42-39-,43-40-. The van der Waals surface area contributed by atoms with Crippen LogP contribution in [-0.4, -0.2) is 37.2 Å². The van der Waals surface area contributed by atoms with E-state index in [-0.39, 0.29) is 44.0 Å². The fraction of sp³-hybridized carbons (Fsp3) is 0.712. The van der Waals surface area contributed by atoms with Gasteiger partial charge in [0, 0.05) is 19.3 Å². The molecule has 372 valence electrons. The first-order chi connectivity index (χ1) is 32.0. The number of allylic oxidation sites excluding steroid dienone is 14. The van der Waals surface area contributed by atoms with Crippen LogP contribution in [0.3, 0.4) is 0 Å². The summed E-state index contributed by atoms with van der Waals surface area (Å²) < 4.78 is 16.7. The van der Waals surface area contributed by atoms with Crippen LogP contribution < -0.4 is 0 Å². The molecule has 0 aliphatic rings. The molecule has 0 fully saturated rings. The molecule has 0 saturated carbocycles. The number of carbonyl (C=O) groups is 3. The number of ether oxygens (including phenoxy) is 3. The van der Waals surface area contributed by atoms with Gasteiger partial charge in [-0.15, -0.1) is 0 Å². The molecule has 0 aromatic rings. The van der Waals surface area contributed by atoms with Crippen molar-refractivity contribution in [1.82, 2.24) is 0 Å². The number of unbranched alkanes of at least 4 members (excludes halogenated alkanes) is 23. The second-order valence-electron chi connectivity index (χ2n) is 17.8. The van der Waals surface area contributed by atoms with Crippen LogP contribution in [0.15, 0.2) is 85.1 Å². The molecule has 0 rings (SSSR count). The number of carbonyl (C=O) groups excluding carboxylic acids is 3. The van der Waals surface area contributed by atoms with Crippen molar-refractivity contribution in [2.24, 2.45) is 0 Å². The molecule has 0 unspecified atom stereocenters. The van der Waals surface area contributed by atoms with E-state index in [1.165, 1.54) is 128 Å². The first-order valence-corrected chi connectivity index (χ1v) is 27.1. The minimum Gasteiger partial charge on any atom is -0.462 e. The van der Waals surface area contributed by atoms with Crippen LogP contribution in [0.4, 0.5) is 0 Å². The van der Waals surface area contributed by atoms with Gasteiger partial charge in [-0.2, -0.15) is 0 Å². The molecular formula is C59H100O6. The van der Waals surface area contributed by atoms with E-state index in [0.29, 0.717) is 19.3 Å². The molecule has 0 aliphatic carbocycles. The minimum atomic E-state index is -0.821. The van der Waals surface area contributed by atoms with E-state index in [4.69, 9.17) is 14.2 Å². The van der Waals surface area contributed by atoms with Crippen LogP contribution in [0.1, 0.15) is 252 Å². The van der Waals surface area contributed by atoms with Crippen LogP contribution in [0.25, 0.3) is 0 Å². The molecule has 0 spiro atoms. The Bertz CT molecular complexity index is 1200. The summed E-state index contributed by atoms with van der Waals surface area (Å²) >= 11 is 0. The first-order valence-electron chi connectivity index (χ1n) is 27.1. The molecule has 0 saturated heterocycles. The minimum absolute atomic E-state index is 0.122. The van der Waals surface area contributed by atoms with E-state index >= 15 is 0 Å². The fourth-order valence-electron chi connectivity index (χ4n) is 7.23. The van der Waals surface area contributed by atoms with Crippen LogP contribution >= 0.6 is 0 Å². The molecule has 0 aliphatic heterocycles. The van der Waals surface area contributed by atoms with Gasteiger partial charge in [0.15, 0.2) is 6.10 Å². The van der Waals surface area contributed by atoms with Crippen molar-refractivity contribution in [1.29, 1.82) is 0 Å². The summed E-state index contributed by atoms with van der Waals surface area (Å²) in [4.78, 5) is 38.0. The van der Waals surface area contributed by atoms with E-state index < -0.39 is 6.10 Å². The maximum Gasteiger partial charge on any atom is 0.306 e. The normalized spacial score (nSPS) is 12.3. The van der Waals surface area contributed by atoms with Gasteiger partial charge >= 0.3 is 17.9 Å². The smallest absolute Gasteiger partial charge is 0.306 e. The Morgan fingerprint density at radius 3 is 0.938 bits per heavy atom. The lowest BCUT2D eigenvalue weighted by Gasteiger charge is -2.18. The second-order valence-corrected chi connectivity index (χ2v) is 17.8. The molecule has 65 heavy (non-hydrogen) atoms. The SMILES string of the molecule is CCCCCC/C=C\CCCCCCCC(=O)OC(COC(=O)CCC/C=C\C/C=C\C/C=C\CCCCCCCC)COC(=O)CCC/C=C\C/C=C\C/C=C\CCCCCCCC. The fourth-order valence-corrected chi connectivity index (χ4v) is 7.23. The maximum atomic E-state index is 12.8. The van der Waals surface area contributed by atoms with Gasteiger partial charge in [0.05, 0.1) is 0 Å². The Morgan fingerprint density at radius 2 is 0.569 bits per heavy atom. The molecule has 0 aromatic carbocycles. The number of hydrogen-bond donors (Lipinski definition) is 0. The van der Waals surface area contributed by atoms with E-state index in [9.17, 15) is 14.4 Å². The molecule has 6 nitrogen and oxygen atoms in total. The number of esters is 3. The summed E-state index contributed by atoms with van der Waals surface area (Å²) in [5.74, 6) is -1.03. The number of hydrogen-bond acceptors (Lipinski definition) is 6. The topological polar surface area (TPSA) is 78.9 Å². The van der Waals surface area contributed by atoms with Crippen molar-refractivity contribution in [2.45, 2.75) is 258 Å². The maximum absolute atomic E-state index is 12.8. The van der Waals surface area contributed by atoms with Crippen molar-refractivity contribution < 1.29 is 28.6 Å². The van der Waals surface area contributed by atoms with Gasteiger partial charge in [-0.25, -0.2) is 0 Å². The van der Waals surface area contributed by atoms with Crippen LogP contribution in [-0.2, 0) is 28.6 Å². The Balaban J connectivity index is 4.53. The molecule has 0 radical (unpaired) electrons. The van der Waals surface area contributed by atoms with Crippen LogP contribution in [0, 0.1) is 0 Å².